The third-order valence-electron chi connectivity index (χ3n) is 15.7. The van der Waals surface area contributed by atoms with E-state index >= 15 is 4.79 Å². The first-order valence-corrected chi connectivity index (χ1v) is 24.9. The lowest BCUT2D eigenvalue weighted by atomic mass is 9.59. The number of rotatable bonds is 8. The van der Waals surface area contributed by atoms with Gasteiger partial charge in [0, 0.05) is 77.8 Å². The van der Waals surface area contributed by atoms with Crippen molar-refractivity contribution in [2.75, 3.05) is 0 Å². The second kappa shape index (κ2) is 18.3. The van der Waals surface area contributed by atoms with Crippen LogP contribution in [-0.2, 0) is 48.3 Å². The summed E-state index contributed by atoms with van der Waals surface area (Å²) in [6.07, 6.45) is -5.38. The van der Waals surface area contributed by atoms with Crippen molar-refractivity contribution in [2.24, 2.45) is 4.99 Å². The van der Waals surface area contributed by atoms with Crippen molar-refractivity contribution in [3.63, 3.8) is 0 Å². The number of nitrogens with zero attached hydrogens (tertiary/aromatic N) is 1. The summed E-state index contributed by atoms with van der Waals surface area (Å²) in [5, 5.41) is 79.8. The van der Waals surface area contributed by atoms with Crippen molar-refractivity contribution < 1.29 is 82.9 Å². The van der Waals surface area contributed by atoms with Gasteiger partial charge in [-0.1, -0.05) is 24.3 Å². The summed E-state index contributed by atoms with van der Waals surface area (Å²) in [6, 6.07) is 10.1. The number of carbonyl (C=O) groups is 1. The number of phenols is 2. The highest BCUT2D eigenvalue weighted by atomic mass is 16.7. The predicted octanol–water partition coefficient (Wildman–Crippen LogP) is 3.63. The van der Waals surface area contributed by atoms with E-state index in [1.54, 1.807) is 33.1 Å². The summed E-state index contributed by atoms with van der Waals surface area (Å²) in [6.45, 7) is 8.44. The van der Waals surface area contributed by atoms with Gasteiger partial charge < -0.3 is 78.1 Å². The SMILES string of the molecule is CC1OC(OC2CC(OC3CCC(OC45C(=O)CC(C)(O)CC4(O)C=Cc4c5c5oc(=O)c(=C6C=Nc7ccccc76)c6ccc(O)c(c4O)c56)OC3C)OC(C)C2O)CCC1OC1CC(O)C(O)C(C)O1. The molecule has 11 rings (SSSR count). The average molecular weight is 1000 g/mol. The molecule has 0 radical (unpaired) electrons. The lowest BCUT2D eigenvalue weighted by Gasteiger charge is -2.54. The van der Waals surface area contributed by atoms with Crippen LogP contribution in [0.3, 0.4) is 0 Å². The number of hydrogen-bond donors (Lipinski definition) is 7. The van der Waals surface area contributed by atoms with E-state index < -0.39 is 127 Å². The molecule has 2 aliphatic carbocycles. The maximum Gasteiger partial charge on any atom is 0.344 e. The maximum atomic E-state index is 15.0. The molecule has 0 bridgehead atoms. The number of Topliss-reactive ketones (excluding diaryl/α,β-unsaturated/α-hetero) is 1. The van der Waals surface area contributed by atoms with Crippen LogP contribution in [0.15, 0.2) is 56.7 Å². The van der Waals surface area contributed by atoms with Gasteiger partial charge in [-0.2, -0.15) is 0 Å². The summed E-state index contributed by atoms with van der Waals surface area (Å²) in [7, 11) is 0. The number of fused-ring (bicyclic) bond motifs is 5. The number of benzene rings is 3. The van der Waals surface area contributed by atoms with Crippen LogP contribution < -0.4 is 10.8 Å². The summed E-state index contributed by atoms with van der Waals surface area (Å²) in [5.41, 5.74) is -5.87. The third kappa shape index (κ3) is 8.21. The second-order valence-electron chi connectivity index (χ2n) is 20.9. The molecule has 7 aliphatic rings. The highest BCUT2D eigenvalue weighted by Crippen LogP contribution is 2.58. The molecule has 19 nitrogen and oxygen atoms in total. The number of hydrogen-bond acceptors (Lipinski definition) is 19. The number of carbonyl (C=O) groups excluding carboxylic acids is 1. The molecule has 5 fully saturated rings. The number of aliphatic imine (C=N–C) groups is 1. The van der Waals surface area contributed by atoms with Crippen molar-refractivity contribution in [1.29, 1.82) is 0 Å². The van der Waals surface area contributed by atoms with Crippen molar-refractivity contribution in [3.8, 4) is 11.5 Å². The number of aliphatic hydroxyl groups excluding tert-OH is 3. The molecule has 17 unspecified atom stereocenters. The smallest absolute Gasteiger partial charge is 0.344 e. The van der Waals surface area contributed by atoms with Crippen LogP contribution in [-0.4, -0.2) is 145 Å². The predicted molar refractivity (Wildman–Crippen MR) is 255 cm³/mol. The van der Waals surface area contributed by atoms with Crippen molar-refractivity contribution in [2.45, 2.75) is 189 Å². The van der Waals surface area contributed by atoms with Crippen molar-refractivity contribution >= 4 is 51.1 Å². The van der Waals surface area contributed by atoms with Gasteiger partial charge in [0.05, 0.1) is 70.7 Å². The number of aliphatic hydroxyl groups is 5. The van der Waals surface area contributed by atoms with E-state index in [0.29, 0.717) is 36.1 Å². The number of ether oxygens (including phenoxy) is 8. The molecule has 0 amide bonds. The van der Waals surface area contributed by atoms with E-state index in [1.807, 2.05) is 25.1 Å². The Hall–Kier alpha value is -4.71. The number of ketones is 1. The Morgan fingerprint density at radius 1 is 0.722 bits per heavy atom. The Balaban J connectivity index is 0.846. The molecule has 4 aromatic rings. The Morgan fingerprint density at radius 2 is 1.36 bits per heavy atom. The minimum atomic E-state index is -2.42. The Bertz CT molecular complexity index is 2960. The molecule has 72 heavy (non-hydrogen) atoms. The fraction of sp³-hybridized carbons (Fsp3) is 0.566. The molecule has 4 saturated heterocycles. The first-order chi connectivity index (χ1) is 34.3. The van der Waals surface area contributed by atoms with E-state index in [9.17, 15) is 40.5 Å². The molecule has 6 heterocycles. The first kappa shape index (κ1) is 49.5. The second-order valence-corrected chi connectivity index (χ2v) is 20.9. The highest BCUT2D eigenvalue weighted by molar-refractivity contribution is 6.21. The standard InChI is InChI=1S/C53H61NO18/c1-23-34(68-40-18-33(56)46(58)25(3)66-40)12-14-38(64-23)70-36-19-41(67-26(4)47(36)59)69-35-13-15-39(65-24(35)2)72-53-37(57)20-51(5,62)22-52(53,63)17-16-29-45(53)49-43-28(10-11-32(55)44(43)48(29)60)42(50(61)71-49)30-21-54-31-9-7-6-8-27(30)31/h6-11,16-17,21,23-26,33-36,38-41,46-47,55-56,58-60,62-63H,12-15,18-20,22H2,1-5H3. The van der Waals surface area contributed by atoms with E-state index in [-0.39, 0.29) is 69.2 Å². The molecule has 386 valence electrons. The van der Waals surface area contributed by atoms with Gasteiger partial charge in [-0.25, -0.2) is 4.79 Å². The van der Waals surface area contributed by atoms with Crippen LogP contribution in [0.5, 0.6) is 11.5 Å². The maximum absolute atomic E-state index is 15.0. The Morgan fingerprint density at radius 3 is 2.07 bits per heavy atom. The van der Waals surface area contributed by atoms with Crippen molar-refractivity contribution in [1.82, 2.24) is 0 Å². The minimum absolute atomic E-state index is 0.0407. The summed E-state index contributed by atoms with van der Waals surface area (Å²) in [4.78, 5) is 34.0. The zero-order valence-corrected chi connectivity index (χ0v) is 40.5. The zero-order chi connectivity index (χ0) is 50.8. The van der Waals surface area contributed by atoms with E-state index in [4.69, 9.17) is 42.3 Å². The molecule has 17 atom stereocenters. The fourth-order valence-electron chi connectivity index (χ4n) is 12.1. The van der Waals surface area contributed by atoms with Gasteiger partial charge >= 0.3 is 5.63 Å². The Labute approximate surface area is 413 Å². The normalized spacial score (nSPS) is 40.6. The molecule has 1 saturated carbocycles. The van der Waals surface area contributed by atoms with Crippen LogP contribution >= 0.6 is 0 Å². The largest absolute Gasteiger partial charge is 0.507 e. The fourth-order valence-corrected chi connectivity index (χ4v) is 12.1. The highest BCUT2D eigenvalue weighted by Gasteiger charge is 2.67. The van der Waals surface area contributed by atoms with Gasteiger partial charge in [-0.3, -0.25) is 9.79 Å². The van der Waals surface area contributed by atoms with Crippen LogP contribution in [0.1, 0.15) is 103 Å². The lowest BCUT2D eigenvalue weighted by Crippen LogP contribution is -2.67. The monoisotopic (exact) mass is 999 g/mol. The number of para-hydroxylation sites is 1. The van der Waals surface area contributed by atoms with E-state index in [2.05, 4.69) is 4.99 Å². The lowest BCUT2D eigenvalue weighted by molar-refractivity contribution is -0.333. The van der Waals surface area contributed by atoms with Gasteiger partial charge in [0.25, 0.3) is 0 Å². The van der Waals surface area contributed by atoms with Crippen LogP contribution in [0.4, 0.5) is 5.69 Å². The Kier molecular flexibility index (Phi) is 12.6. The molecular weight excluding hydrogens is 939 g/mol. The molecule has 3 aromatic carbocycles. The molecule has 1 aromatic heterocycles. The van der Waals surface area contributed by atoms with Gasteiger partial charge in [-0.15, -0.1) is 0 Å². The third-order valence-corrected chi connectivity index (χ3v) is 15.7. The van der Waals surface area contributed by atoms with E-state index in [0.717, 1.165) is 0 Å². The minimum Gasteiger partial charge on any atom is -0.507 e. The first-order valence-electron chi connectivity index (χ1n) is 24.9. The van der Waals surface area contributed by atoms with Gasteiger partial charge in [0.2, 0.25) is 0 Å². The van der Waals surface area contributed by atoms with Crippen LogP contribution in [0.25, 0.3) is 33.4 Å². The average Bonchev–Trinajstić information content (AvgIpc) is 3.74. The van der Waals surface area contributed by atoms with Gasteiger partial charge in [-0.05, 0) is 71.7 Å². The molecule has 19 heteroatoms. The summed E-state index contributed by atoms with van der Waals surface area (Å²) < 4.78 is 56.7. The zero-order valence-electron chi connectivity index (χ0n) is 40.5. The molecule has 0 spiro atoms. The summed E-state index contributed by atoms with van der Waals surface area (Å²) in [5.74, 6) is -1.55. The topological polar surface area (TPSA) is 275 Å². The summed E-state index contributed by atoms with van der Waals surface area (Å²) >= 11 is 0. The van der Waals surface area contributed by atoms with Gasteiger partial charge in [0.15, 0.2) is 36.5 Å². The number of aromatic hydroxyl groups is 2. The molecule has 7 N–H and O–H groups in total. The van der Waals surface area contributed by atoms with E-state index in [1.165, 1.54) is 31.2 Å². The number of phenolic OH excluding ortho intramolecular Hbond substituents is 2. The van der Waals surface area contributed by atoms with Crippen LogP contribution in [0.2, 0.25) is 0 Å². The molecule has 5 aliphatic heterocycles. The van der Waals surface area contributed by atoms with Crippen molar-refractivity contribution in [3.05, 3.63) is 74.8 Å². The van der Waals surface area contributed by atoms with Crippen LogP contribution in [0, 0.1) is 0 Å². The quantitative estimate of drug-likeness (QED) is 0.124. The van der Waals surface area contributed by atoms with Gasteiger partial charge in [0.1, 0.15) is 34.9 Å². The molecular formula is C53H61NO18.